The monoisotopic (exact) mass is 410 g/mol. The van der Waals surface area contributed by atoms with Crippen LogP contribution in [0.5, 0.6) is 5.75 Å². The Kier molecular flexibility index (Phi) is 6.09. The topological polar surface area (TPSA) is 58.6 Å². The number of benzene rings is 2. The van der Waals surface area contributed by atoms with E-state index in [1.807, 2.05) is 54.2 Å². The summed E-state index contributed by atoms with van der Waals surface area (Å²) in [5, 5.41) is 3.68. The number of hydrogen-bond donors (Lipinski definition) is 1. The van der Waals surface area contributed by atoms with Crippen LogP contribution in [0, 0.1) is 0 Å². The van der Waals surface area contributed by atoms with Crippen molar-refractivity contribution in [2.24, 2.45) is 0 Å². The minimum atomic E-state index is -0.545. The first-order chi connectivity index (χ1) is 14.1. The second kappa shape index (κ2) is 8.91. The van der Waals surface area contributed by atoms with Gasteiger partial charge < -0.3 is 15.0 Å². The summed E-state index contributed by atoms with van der Waals surface area (Å²) in [6, 6.07) is 15.4. The smallest absolute Gasteiger partial charge is 0.267 e. The van der Waals surface area contributed by atoms with E-state index in [1.165, 1.54) is 25.7 Å². The van der Waals surface area contributed by atoms with Crippen LogP contribution in [0.25, 0.3) is 0 Å². The summed E-state index contributed by atoms with van der Waals surface area (Å²) in [4.78, 5) is 28.0. The molecule has 2 amide bonds. The van der Waals surface area contributed by atoms with Crippen LogP contribution in [0.1, 0.15) is 39.0 Å². The van der Waals surface area contributed by atoms with Gasteiger partial charge in [0.05, 0.1) is 11.4 Å². The van der Waals surface area contributed by atoms with E-state index in [2.05, 4.69) is 11.4 Å². The van der Waals surface area contributed by atoms with Crippen LogP contribution >= 0.6 is 11.8 Å². The molecule has 29 heavy (non-hydrogen) atoms. The van der Waals surface area contributed by atoms with Crippen molar-refractivity contribution in [2.45, 2.75) is 55.3 Å². The fourth-order valence-corrected chi connectivity index (χ4v) is 5.21. The van der Waals surface area contributed by atoms with E-state index in [1.54, 1.807) is 11.8 Å². The van der Waals surface area contributed by atoms with Crippen molar-refractivity contribution in [2.75, 3.05) is 16.8 Å². The predicted molar refractivity (Wildman–Crippen MR) is 117 cm³/mol. The van der Waals surface area contributed by atoms with Gasteiger partial charge in [-0.05, 0) is 44.0 Å². The zero-order chi connectivity index (χ0) is 20.2. The Hall–Kier alpha value is -2.47. The average Bonchev–Trinajstić information content (AvgIpc) is 3.23. The lowest BCUT2D eigenvalue weighted by atomic mass is 10.1. The van der Waals surface area contributed by atoms with E-state index in [0.717, 1.165) is 16.3 Å². The summed E-state index contributed by atoms with van der Waals surface area (Å²) in [5.41, 5.74) is 1.58. The first-order valence-electron chi connectivity index (χ1n) is 10.2. The number of para-hydroxylation sites is 3. The number of anilines is 2. The zero-order valence-corrected chi connectivity index (χ0v) is 17.4. The number of rotatable bonds is 6. The van der Waals surface area contributed by atoms with Crippen molar-refractivity contribution in [3.05, 3.63) is 48.5 Å². The second-order valence-corrected chi connectivity index (χ2v) is 8.88. The van der Waals surface area contributed by atoms with Gasteiger partial charge >= 0.3 is 0 Å². The summed E-state index contributed by atoms with van der Waals surface area (Å²) >= 11 is 1.86. The number of fused-ring (bicyclic) bond motifs is 1. The highest BCUT2D eigenvalue weighted by Gasteiger charge is 2.31. The molecule has 5 nitrogen and oxygen atoms in total. The second-order valence-electron chi connectivity index (χ2n) is 7.54. The van der Waals surface area contributed by atoms with E-state index < -0.39 is 6.10 Å². The highest BCUT2D eigenvalue weighted by atomic mass is 32.2. The Morgan fingerprint density at radius 1 is 1.14 bits per heavy atom. The Balaban J connectivity index is 1.40. The lowest BCUT2D eigenvalue weighted by Gasteiger charge is -2.32. The van der Waals surface area contributed by atoms with Crippen LogP contribution in [-0.4, -0.2) is 29.7 Å². The molecule has 152 valence electrons. The lowest BCUT2D eigenvalue weighted by Crippen LogP contribution is -2.45. The average molecular weight is 411 g/mol. The Labute approximate surface area is 175 Å². The summed E-state index contributed by atoms with van der Waals surface area (Å²) in [7, 11) is 0. The number of carbonyl (C=O) groups is 2. The summed E-state index contributed by atoms with van der Waals surface area (Å²) in [6.45, 7) is 2.06. The molecule has 6 heteroatoms. The third-order valence-electron chi connectivity index (χ3n) is 5.39. The van der Waals surface area contributed by atoms with Crippen molar-refractivity contribution in [3.63, 3.8) is 0 Å². The molecule has 2 aromatic rings. The third-order valence-corrected chi connectivity index (χ3v) is 6.81. The molecular weight excluding hydrogens is 384 g/mol. The zero-order valence-electron chi connectivity index (χ0n) is 16.6. The fraction of sp³-hybridized carbons (Fsp3) is 0.391. The number of amides is 2. The molecule has 0 spiro atoms. The van der Waals surface area contributed by atoms with E-state index in [4.69, 9.17) is 4.74 Å². The molecule has 0 radical (unpaired) electrons. The molecule has 0 aromatic heterocycles. The van der Waals surface area contributed by atoms with Gasteiger partial charge in [-0.25, -0.2) is 0 Å². The number of carbonyl (C=O) groups excluding carboxylic acids is 2. The molecule has 2 aromatic carbocycles. The molecule has 1 saturated carbocycles. The summed E-state index contributed by atoms with van der Waals surface area (Å²) in [6.07, 6.45) is 4.75. The SMILES string of the molecule is CC1Oc2ccccc2N(CCC(=O)Nc2ccccc2SC2CCCC2)C1=O. The van der Waals surface area contributed by atoms with Crippen molar-refractivity contribution >= 4 is 35.0 Å². The maximum absolute atomic E-state index is 12.7. The molecule has 1 fully saturated rings. The van der Waals surface area contributed by atoms with E-state index in [9.17, 15) is 9.59 Å². The van der Waals surface area contributed by atoms with E-state index in [-0.39, 0.29) is 18.2 Å². The Morgan fingerprint density at radius 2 is 1.86 bits per heavy atom. The van der Waals surface area contributed by atoms with Crippen molar-refractivity contribution < 1.29 is 14.3 Å². The quantitative estimate of drug-likeness (QED) is 0.739. The van der Waals surface area contributed by atoms with Gasteiger partial charge in [0.1, 0.15) is 5.75 Å². The van der Waals surface area contributed by atoms with Crippen LogP contribution in [-0.2, 0) is 9.59 Å². The van der Waals surface area contributed by atoms with Gasteiger partial charge in [0.15, 0.2) is 6.10 Å². The molecule has 1 unspecified atom stereocenters. The highest BCUT2D eigenvalue weighted by molar-refractivity contribution is 8.00. The van der Waals surface area contributed by atoms with Gasteiger partial charge in [-0.3, -0.25) is 9.59 Å². The number of nitrogens with zero attached hydrogens (tertiary/aromatic N) is 1. The number of nitrogens with one attached hydrogen (secondary N) is 1. The first-order valence-corrected chi connectivity index (χ1v) is 11.1. The van der Waals surface area contributed by atoms with Crippen molar-refractivity contribution in [1.29, 1.82) is 0 Å². The molecule has 1 aliphatic heterocycles. The molecule has 1 atom stereocenters. The number of thioether (sulfide) groups is 1. The van der Waals surface area contributed by atoms with Crippen LogP contribution in [0.15, 0.2) is 53.4 Å². The maximum atomic E-state index is 12.7. The van der Waals surface area contributed by atoms with Crippen molar-refractivity contribution in [1.82, 2.24) is 0 Å². The molecule has 2 aliphatic rings. The molecule has 1 N–H and O–H groups in total. The van der Waals surface area contributed by atoms with Crippen LogP contribution in [0.2, 0.25) is 0 Å². The standard InChI is InChI=1S/C23H26N2O3S/c1-16-23(27)25(19-11-5-6-12-20(19)28-16)15-14-22(26)24-18-10-4-7-13-21(18)29-17-8-2-3-9-17/h4-7,10-13,16-17H,2-3,8-9,14-15H2,1H3,(H,24,26). The van der Waals surface area contributed by atoms with Gasteiger partial charge in [0.25, 0.3) is 5.91 Å². The highest BCUT2D eigenvalue weighted by Crippen LogP contribution is 2.38. The Bertz CT molecular complexity index is 895. The van der Waals surface area contributed by atoms with Crippen LogP contribution < -0.4 is 15.0 Å². The normalized spacial score (nSPS) is 19.0. The maximum Gasteiger partial charge on any atom is 0.267 e. The van der Waals surface area contributed by atoms with Gasteiger partial charge in [0.2, 0.25) is 5.91 Å². The molecule has 0 saturated heterocycles. The Morgan fingerprint density at radius 3 is 2.69 bits per heavy atom. The van der Waals surface area contributed by atoms with E-state index in [0.29, 0.717) is 17.5 Å². The molecule has 0 bridgehead atoms. The number of ether oxygens (including phenoxy) is 1. The summed E-state index contributed by atoms with van der Waals surface area (Å²) < 4.78 is 5.66. The van der Waals surface area contributed by atoms with Gasteiger partial charge in [-0.1, -0.05) is 37.1 Å². The van der Waals surface area contributed by atoms with Gasteiger partial charge in [0, 0.05) is 23.1 Å². The fourth-order valence-electron chi connectivity index (χ4n) is 3.87. The van der Waals surface area contributed by atoms with Crippen LogP contribution in [0.4, 0.5) is 11.4 Å². The summed E-state index contributed by atoms with van der Waals surface area (Å²) in [5.74, 6) is 0.473. The molecular formula is C23H26N2O3S. The molecule has 1 aliphatic carbocycles. The number of hydrogen-bond acceptors (Lipinski definition) is 4. The first kappa shape index (κ1) is 19.8. The molecule has 1 heterocycles. The minimum Gasteiger partial charge on any atom is -0.479 e. The van der Waals surface area contributed by atoms with Crippen LogP contribution in [0.3, 0.4) is 0 Å². The molecule has 4 rings (SSSR count). The van der Waals surface area contributed by atoms with Gasteiger partial charge in [-0.15, -0.1) is 11.8 Å². The van der Waals surface area contributed by atoms with E-state index >= 15 is 0 Å². The van der Waals surface area contributed by atoms with Crippen molar-refractivity contribution in [3.8, 4) is 5.75 Å². The largest absolute Gasteiger partial charge is 0.479 e. The third kappa shape index (κ3) is 4.58. The predicted octanol–water partition coefficient (Wildman–Crippen LogP) is 4.86. The minimum absolute atomic E-state index is 0.0890. The van der Waals surface area contributed by atoms with Gasteiger partial charge in [-0.2, -0.15) is 0 Å². The lowest BCUT2D eigenvalue weighted by molar-refractivity contribution is -0.125.